The number of aryl methyl sites for hydroxylation is 3. The molecule has 0 saturated carbocycles. The first kappa shape index (κ1) is 26.1. The Hall–Kier alpha value is -2.12. The Labute approximate surface area is 197 Å². The fraction of sp³-hybridized carbons (Fsp3) is 0.484. The summed E-state index contributed by atoms with van der Waals surface area (Å²) in [5.74, 6) is 0. The third-order valence-corrected chi connectivity index (χ3v) is 6.43. The van der Waals surface area contributed by atoms with Crippen LogP contribution in [-0.4, -0.2) is 11.7 Å². The molecule has 0 aliphatic rings. The molecule has 32 heavy (non-hydrogen) atoms. The summed E-state index contributed by atoms with van der Waals surface area (Å²) in [4.78, 5) is 0. The molecule has 1 heteroatoms. The predicted molar refractivity (Wildman–Crippen MR) is 141 cm³/mol. The summed E-state index contributed by atoms with van der Waals surface area (Å²) in [5.41, 5.74) is 11.1. The van der Waals surface area contributed by atoms with E-state index in [0.29, 0.717) is 0 Å². The Kier molecular flexibility index (Phi) is 11.5. The smallest absolute Gasteiger partial charge is 0.0471 e. The number of aliphatic hydroxyl groups is 1. The highest BCUT2D eigenvalue weighted by Gasteiger charge is 2.10. The van der Waals surface area contributed by atoms with E-state index in [-0.39, 0.29) is 6.61 Å². The van der Waals surface area contributed by atoms with Crippen LogP contribution in [0.15, 0.2) is 59.7 Å². The molecule has 2 rings (SSSR count). The highest BCUT2D eigenvalue weighted by atomic mass is 16.2. The van der Waals surface area contributed by atoms with Gasteiger partial charge >= 0.3 is 0 Å². The number of hydrogen-bond acceptors (Lipinski definition) is 1. The van der Waals surface area contributed by atoms with Crippen molar-refractivity contribution in [2.45, 2.75) is 92.4 Å². The monoisotopic (exact) mass is 432 g/mol. The van der Waals surface area contributed by atoms with Crippen LogP contribution in [0.2, 0.25) is 0 Å². The molecule has 0 aliphatic heterocycles. The molecule has 0 atom stereocenters. The van der Waals surface area contributed by atoms with Crippen LogP contribution in [0.25, 0.3) is 11.1 Å². The van der Waals surface area contributed by atoms with Crippen LogP contribution in [0.4, 0.5) is 0 Å². The third-order valence-electron chi connectivity index (χ3n) is 6.43. The standard InChI is InChI=1S/C31H44O/c1-6-9-10-11-24(4)12-13-25(5)14-15-26-16-18-30(28(7-2)22-26)31-19-17-27(20-21-32)23-29(31)8-3/h12-13,16-19,22-23,32H,6-11,14-15,20-21H2,1-5H3/b24-12+,25-13+. The molecule has 0 saturated heterocycles. The summed E-state index contributed by atoms with van der Waals surface area (Å²) in [6.07, 6.45) is 14.8. The number of hydrogen-bond donors (Lipinski definition) is 1. The normalized spacial score (nSPS) is 12.4. The Morgan fingerprint density at radius 3 is 1.75 bits per heavy atom. The molecule has 1 N–H and O–H groups in total. The van der Waals surface area contributed by atoms with Crippen LogP contribution in [0, 0.1) is 0 Å². The number of benzene rings is 2. The molecular formula is C31H44O. The molecule has 174 valence electrons. The fourth-order valence-electron chi connectivity index (χ4n) is 4.29. The zero-order chi connectivity index (χ0) is 23.3. The minimum atomic E-state index is 0.208. The van der Waals surface area contributed by atoms with Gasteiger partial charge in [0.1, 0.15) is 0 Å². The van der Waals surface area contributed by atoms with Crippen LogP contribution in [0.5, 0.6) is 0 Å². The molecule has 0 aliphatic carbocycles. The number of rotatable bonds is 13. The second kappa shape index (κ2) is 14.1. The molecule has 0 bridgehead atoms. The molecule has 2 aromatic carbocycles. The van der Waals surface area contributed by atoms with Crippen molar-refractivity contribution in [3.8, 4) is 11.1 Å². The molecule has 1 nitrogen and oxygen atoms in total. The quantitative estimate of drug-likeness (QED) is 0.249. The van der Waals surface area contributed by atoms with E-state index in [1.807, 2.05) is 0 Å². The van der Waals surface area contributed by atoms with Gasteiger partial charge in [0.2, 0.25) is 0 Å². The minimum Gasteiger partial charge on any atom is -0.396 e. The highest BCUT2D eigenvalue weighted by molar-refractivity contribution is 5.71. The average Bonchev–Trinajstić information content (AvgIpc) is 2.81. The van der Waals surface area contributed by atoms with E-state index in [0.717, 1.165) is 32.1 Å². The maximum absolute atomic E-state index is 9.27. The van der Waals surface area contributed by atoms with E-state index in [1.54, 1.807) is 0 Å². The minimum absolute atomic E-state index is 0.208. The van der Waals surface area contributed by atoms with Crippen molar-refractivity contribution in [1.29, 1.82) is 0 Å². The summed E-state index contributed by atoms with van der Waals surface area (Å²) in [5, 5.41) is 9.27. The molecule has 0 aromatic heterocycles. The van der Waals surface area contributed by atoms with E-state index in [2.05, 4.69) is 83.2 Å². The van der Waals surface area contributed by atoms with Gasteiger partial charge in [0.25, 0.3) is 0 Å². The molecule has 0 radical (unpaired) electrons. The summed E-state index contributed by atoms with van der Waals surface area (Å²) < 4.78 is 0. The van der Waals surface area contributed by atoms with Gasteiger partial charge in [0.15, 0.2) is 0 Å². The van der Waals surface area contributed by atoms with Crippen LogP contribution in [0.1, 0.15) is 89.0 Å². The Morgan fingerprint density at radius 1 is 0.719 bits per heavy atom. The first-order chi connectivity index (χ1) is 15.5. The van der Waals surface area contributed by atoms with Crippen molar-refractivity contribution in [2.24, 2.45) is 0 Å². The van der Waals surface area contributed by atoms with E-state index >= 15 is 0 Å². The molecular weight excluding hydrogens is 388 g/mol. The Morgan fingerprint density at radius 2 is 1.25 bits per heavy atom. The molecule has 0 heterocycles. The van der Waals surface area contributed by atoms with E-state index in [1.165, 1.54) is 70.2 Å². The molecule has 0 spiro atoms. The number of allylic oxidation sites excluding steroid dienone is 4. The lowest BCUT2D eigenvalue weighted by Gasteiger charge is -2.15. The van der Waals surface area contributed by atoms with Gasteiger partial charge in [0, 0.05) is 6.61 Å². The topological polar surface area (TPSA) is 20.2 Å². The van der Waals surface area contributed by atoms with Gasteiger partial charge in [-0.2, -0.15) is 0 Å². The number of unbranched alkanes of at least 4 members (excludes halogenated alkanes) is 2. The maximum Gasteiger partial charge on any atom is 0.0471 e. The number of aliphatic hydroxyl groups excluding tert-OH is 1. The zero-order valence-electron chi connectivity index (χ0n) is 21.1. The SMILES string of the molecule is CCCCC/C(C)=C/C=C(\C)CCc1ccc(-c2ccc(CCO)cc2CC)c(CC)c1. The van der Waals surface area contributed by atoms with Crippen LogP contribution in [-0.2, 0) is 25.7 Å². The van der Waals surface area contributed by atoms with Gasteiger partial charge in [-0.25, -0.2) is 0 Å². The van der Waals surface area contributed by atoms with Gasteiger partial charge in [0.05, 0.1) is 0 Å². The summed E-state index contributed by atoms with van der Waals surface area (Å²) in [7, 11) is 0. The fourth-order valence-corrected chi connectivity index (χ4v) is 4.29. The van der Waals surface area contributed by atoms with Gasteiger partial charge < -0.3 is 5.11 Å². The van der Waals surface area contributed by atoms with E-state index in [9.17, 15) is 5.11 Å². The first-order valence-electron chi connectivity index (χ1n) is 12.7. The second-order valence-corrected chi connectivity index (χ2v) is 9.15. The van der Waals surface area contributed by atoms with E-state index in [4.69, 9.17) is 0 Å². The van der Waals surface area contributed by atoms with Crippen molar-refractivity contribution >= 4 is 0 Å². The van der Waals surface area contributed by atoms with E-state index < -0.39 is 0 Å². The molecule has 2 aromatic rings. The lowest BCUT2D eigenvalue weighted by atomic mass is 9.89. The molecule has 0 fully saturated rings. The lowest BCUT2D eigenvalue weighted by Crippen LogP contribution is -1.98. The van der Waals surface area contributed by atoms with Gasteiger partial charge in [-0.15, -0.1) is 0 Å². The van der Waals surface area contributed by atoms with Crippen molar-refractivity contribution in [2.75, 3.05) is 6.61 Å². The maximum atomic E-state index is 9.27. The van der Waals surface area contributed by atoms with Crippen molar-refractivity contribution in [3.63, 3.8) is 0 Å². The van der Waals surface area contributed by atoms with Crippen molar-refractivity contribution in [1.82, 2.24) is 0 Å². The molecule has 0 unspecified atom stereocenters. The highest BCUT2D eigenvalue weighted by Crippen LogP contribution is 2.30. The first-order valence-corrected chi connectivity index (χ1v) is 12.7. The van der Waals surface area contributed by atoms with Gasteiger partial charge in [-0.3, -0.25) is 0 Å². The summed E-state index contributed by atoms with van der Waals surface area (Å²) in [6, 6.07) is 13.7. The van der Waals surface area contributed by atoms with Gasteiger partial charge in [-0.05, 0) is 92.2 Å². The van der Waals surface area contributed by atoms with Crippen molar-refractivity contribution < 1.29 is 5.11 Å². The van der Waals surface area contributed by atoms with Gasteiger partial charge in [-0.1, -0.05) is 93.3 Å². The third kappa shape index (κ3) is 8.10. The predicted octanol–water partition coefficient (Wildman–Crippen LogP) is 8.42. The van der Waals surface area contributed by atoms with Crippen LogP contribution >= 0.6 is 0 Å². The summed E-state index contributed by atoms with van der Waals surface area (Å²) in [6.45, 7) is 11.5. The zero-order valence-corrected chi connectivity index (χ0v) is 21.1. The largest absolute Gasteiger partial charge is 0.396 e. The Balaban J connectivity index is 2.11. The van der Waals surface area contributed by atoms with Crippen LogP contribution < -0.4 is 0 Å². The molecule has 0 amide bonds. The van der Waals surface area contributed by atoms with Crippen LogP contribution in [0.3, 0.4) is 0 Å². The summed E-state index contributed by atoms with van der Waals surface area (Å²) >= 11 is 0. The van der Waals surface area contributed by atoms with Crippen molar-refractivity contribution in [3.05, 3.63) is 82.0 Å². The Bertz CT molecular complexity index is 901. The second-order valence-electron chi connectivity index (χ2n) is 9.15. The average molecular weight is 433 g/mol. The lowest BCUT2D eigenvalue weighted by molar-refractivity contribution is 0.299.